The summed E-state index contributed by atoms with van der Waals surface area (Å²) in [6, 6.07) is 15.8. The molecule has 0 aliphatic carbocycles. The molecule has 1 aromatic heterocycles. The molecular formula is C25H29N5O4. The largest absolute Gasteiger partial charge is 0.493 e. The van der Waals surface area contributed by atoms with E-state index in [1.54, 1.807) is 14.2 Å². The number of nitrogens with one attached hydrogen (secondary N) is 2. The van der Waals surface area contributed by atoms with Crippen molar-refractivity contribution in [1.29, 1.82) is 0 Å². The molecule has 1 amide bonds. The Labute approximate surface area is 198 Å². The van der Waals surface area contributed by atoms with Gasteiger partial charge in [0.15, 0.2) is 11.5 Å². The molecule has 1 saturated heterocycles. The van der Waals surface area contributed by atoms with E-state index < -0.39 is 11.5 Å². The number of hydrogen-bond acceptors (Lipinski definition) is 7. The van der Waals surface area contributed by atoms with Crippen LogP contribution in [-0.4, -0.2) is 62.8 Å². The van der Waals surface area contributed by atoms with Gasteiger partial charge in [0.25, 0.3) is 11.5 Å². The predicted octanol–water partition coefficient (Wildman–Crippen LogP) is 2.09. The van der Waals surface area contributed by atoms with Crippen LogP contribution in [0, 0.1) is 0 Å². The summed E-state index contributed by atoms with van der Waals surface area (Å²) in [5.74, 6) is 1.32. The van der Waals surface area contributed by atoms with E-state index in [2.05, 4.69) is 32.3 Å². The molecule has 1 fully saturated rings. The Kier molecular flexibility index (Phi) is 7.31. The van der Waals surface area contributed by atoms with Crippen molar-refractivity contribution in [3.8, 4) is 11.5 Å². The second-order valence-corrected chi connectivity index (χ2v) is 7.95. The van der Waals surface area contributed by atoms with Crippen LogP contribution in [0.3, 0.4) is 0 Å². The molecule has 9 nitrogen and oxygen atoms in total. The van der Waals surface area contributed by atoms with Gasteiger partial charge in [0, 0.05) is 44.6 Å². The van der Waals surface area contributed by atoms with Gasteiger partial charge < -0.3 is 24.6 Å². The van der Waals surface area contributed by atoms with Gasteiger partial charge in [-0.2, -0.15) is 0 Å². The molecule has 178 valence electrons. The molecule has 34 heavy (non-hydrogen) atoms. The molecule has 2 N–H and O–H groups in total. The number of aromatic nitrogens is 2. The fraction of sp³-hybridized carbons (Fsp3) is 0.320. The van der Waals surface area contributed by atoms with Crippen molar-refractivity contribution in [2.45, 2.75) is 6.42 Å². The van der Waals surface area contributed by atoms with Crippen LogP contribution < -0.4 is 30.1 Å². The molecule has 3 aromatic rings. The third-order valence-corrected chi connectivity index (χ3v) is 5.88. The zero-order valence-electron chi connectivity index (χ0n) is 19.4. The number of hydrogen-bond donors (Lipinski definition) is 2. The van der Waals surface area contributed by atoms with E-state index in [1.807, 2.05) is 41.3 Å². The van der Waals surface area contributed by atoms with Crippen LogP contribution in [0.4, 0.5) is 11.6 Å². The predicted molar refractivity (Wildman–Crippen MR) is 131 cm³/mol. The number of carbonyl (C=O) groups excluding carboxylic acids is 1. The summed E-state index contributed by atoms with van der Waals surface area (Å²) in [5, 5.41) is 2.79. The van der Waals surface area contributed by atoms with Crippen molar-refractivity contribution in [2.75, 3.05) is 56.7 Å². The average molecular weight is 464 g/mol. The lowest BCUT2D eigenvalue weighted by Gasteiger charge is -2.36. The standard InChI is InChI=1S/C25H29N5O4/c1-33-21-9-8-18(16-22(21)34-2)10-11-26-23(31)20-17-27-25(28-24(20)32)30-14-12-29(13-15-30)19-6-4-3-5-7-19/h3-9,16-17H,10-15H2,1-2H3,(H,26,31)(H,27,28,32). The number of aromatic amines is 1. The third kappa shape index (κ3) is 5.31. The number of methoxy groups -OCH3 is 2. The minimum Gasteiger partial charge on any atom is -0.493 e. The van der Waals surface area contributed by atoms with E-state index >= 15 is 0 Å². The number of benzene rings is 2. The Morgan fingerprint density at radius 3 is 2.38 bits per heavy atom. The normalized spacial score (nSPS) is 13.5. The average Bonchev–Trinajstić information content (AvgIpc) is 2.89. The van der Waals surface area contributed by atoms with Crippen molar-refractivity contribution in [3.05, 3.63) is 76.2 Å². The number of para-hydroxylation sites is 1. The fourth-order valence-electron chi connectivity index (χ4n) is 3.97. The van der Waals surface area contributed by atoms with Crippen molar-refractivity contribution >= 4 is 17.5 Å². The molecule has 4 rings (SSSR count). The number of piperazine rings is 1. The molecule has 9 heteroatoms. The molecule has 0 unspecified atom stereocenters. The number of H-pyrrole nitrogens is 1. The second-order valence-electron chi connectivity index (χ2n) is 7.95. The topological polar surface area (TPSA) is 99.8 Å². The van der Waals surface area contributed by atoms with E-state index in [9.17, 15) is 9.59 Å². The first-order chi connectivity index (χ1) is 16.6. The zero-order valence-corrected chi connectivity index (χ0v) is 19.4. The second kappa shape index (κ2) is 10.7. The van der Waals surface area contributed by atoms with E-state index in [4.69, 9.17) is 9.47 Å². The maximum atomic E-state index is 12.6. The summed E-state index contributed by atoms with van der Waals surface area (Å²) in [7, 11) is 3.16. The molecule has 0 radical (unpaired) electrons. The van der Waals surface area contributed by atoms with Crippen molar-refractivity contribution in [1.82, 2.24) is 15.3 Å². The van der Waals surface area contributed by atoms with Crippen molar-refractivity contribution < 1.29 is 14.3 Å². The lowest BCUT2D eigenvalue weighted by molar-refractivity contribution is 0.0952. The molecule has 2 heterocycles. The van der Waals surface area contributed by atoms with Crippen LogP contribution in [0.1, 0.15) is 15.9 Å². The van der Waals surface area contributed by atoms with Gasteiger partial charge in [-0.3, -0.25) is 14.6 Å². The van der Waals surface area contributed by atoms with Gasteiger partial charge >= 0.3 is 0 Å². The first kappa shape index (κ1) is 23.2. The van der Waals surface area contributed by atoms with E-state index in [1.165, 1.54) is 11.9 Å². The highest BCUT2D eigenvalue weighted by Crippen LogP contribution is 2.27. The van der Waals surface area contributed by atoms with Gasteiger partial charge in [-0.25, -0.2) is 4.98 Å². The van der Waals surface area contributed by atoms with E-state index in [0.717, 1.165) is 31.7 Å². The summed E-state index contributed by atoms with van der Waals surface area (Å²) >= 11 is 0. The quantitative estimate of drug-likeness (QED) is 0.528. The van der Waals surface area contributed by atoms with Gasteiger partial charge in [0.1, 0.15) is 5.56 Å². The van der Waals surface area contributed by atoms with Crippen LogP contribution in [0.5, 0.6) is 11.5 Å². The Morgan fingerprint density at radius 1 is 1.00 bits per heavy atom. The number of amides is 1. The summed E-state index contributed by atoms with van der Waals surface area (Å²) in [6.07, 6.45) is 1.94. The maximum absolute atomic E-state index is 12.6. The number of carbonyl (C=O) groups is 1. The Balaban J connectivity index is 1.31. The van der Waals surface area contributed by atoms with E-state index in [-0.39, 0.29) is 5.56 Å². The van der Waals surface area contributed by atoms with Gasteiger partial charge in [0.2, 0.25) is 5.95 Å². The number of rotatable bonds is 8. The molecule has 2 aromatic carbocycles. The Morgan fingerprint density at radius 2 is 1.71 bits per heavy atom. The maximum Gasteiger partial charge on any atom is 0.265 e. The van der Waals surface area contributed by atoms with Gasteiger partial charge in [-0.1, -0.05) is 24.3 Å². The summed E-state index contributed by atoms with van der Waals surface area (Å²) in [4.78, 5) is 36.5. The summed E-state index contributed by atoms with van der Waals surface area (Å²) in [6.45, 7) is 3.48. The number of nitrogens with zero attached hydrogens (tertiary/aromatic N) is 3. The minimum atomic E-state index is -0.449. The van der Waals surface area contributed by atoms with Crippen LogP contribution in [0.25, 0.3) is 0 Å². The first-order valence-corrected chi connectivity index (χ1v) is 11.2. The number of anilines is 2. The molecule has 1 aliphatic heterocycles. The SMILES string of the molecule is COc1ccc(CCNC(=O)c2cnc(N3CCN(c4ccccc4)CC3)[nH]c2=O)cc1OC. The zero-order chi connectivity index (χ0) is 23.9. The van der Waals surface area contributed by atoms with E-state index in [0.29, 0.717) is 30.4 Å². The highest BCUT2D eigenvalue weighted by Gasteiger charge is 2.20. The first-order valence-electron chi connectivity index (χ1n) is 11.2. The van der Waals surface area contributed by atoms with Crippen LogP contribution in [0.15, 0.2) is 59.5 Å². The Hall–Kier alpha value is -4.01. The van der Waals surface area contributed by atoms with Gasteiger partial charge in [-0.15, -0.1) is 0 Å². The van der Waals surface area contributed by atoms with Crippen LogP contribution in [0.2, 0.25) is 0 Å². The van der Waals surface area contributed by atoms with Crippen LogP contribution >= 0.6 is 0 Å². The molecule has 0 spiro atoms. The molecule has 0 bridgehead atoms. The Bertz CT molecular complexity index is 1170. The highest BCUT2D eigenvalue weighted by molar-refractivity contribution is 5.93. The molecule has 0 saturated carbocycles. The van der Waals surface area contributed by atoms with Gasteiger partial charge in [0.05, 0.1) is 14.2 Å². The minimum absolute atomic E-state index is 0.000942. The van der Waals surface area contributed by atoms with Crippen molar-refractivity contribution in [3.63, 3.8) is 0 Å². The summed E-state index contributed by atoms with van der Waals surface area (Å²) in [5.41, 5.74) is 1.72. The molecular weight excluding hydrogens is 434 g/mol. The number of ether oxygens (including phenoxy) is 2. The lowest BCUT2D eigenvalue weighted by atomic mass is 10.1. The fourth-order valence-corrected chi connectivity index (χ4v) is 3.97. The van der Waals surface area contributed by atoms with Gasteiger partial charge in [-0.05, 0) is 36.2 Å². The molecule has 0 atom stereocenters. The smallest absolute Gasteiger partial charge is 0.265 e. The van der Waals surface area contributed by atoms with Crippen molar-refractivity contribution in [2.24, 2.45) is 0 Å². The molecule has 1 aliphatic rings. The monoisotopic (exact) mass is 463 g/mol. The third-order valence-electron chi connectivity index (χ3n) is 5.88. The highest BCUT2D eigenvalue weighted by atomic mass is 16.5. The summed E-state index contributed by atoms with van der Waals surface area (Å²) < 4.78 is 10.5. The van der Waals surface area contributed by atoms with Crippen LogP contribution in [-0.2, 0) is 6.42 Å². The lowest BCUT2D eigenvalue weighted by Crippen LogP contribution is -2.47.